The van der Waals surface area contributed by atoms with Crippen LogP contribution < -0.4 is 0 Å². The van der Waals surface area contributed by atoms with Crippen LogP contribution >= 0.6 is 11.6 Å². The van der Waals surface area contributed by atoms with Crippen LogP contribution in [0.3, 0.4) is 0 Å². The number of halogens is 1. The lowest BCUT2D eigenvalue weighted by atomic mass is 9.94. The summed E-state index contributed by atoms with van der Waals surface area (Å²) in [5.41, 5.74) is -0.328. The van der Waals surface area contributed by atoms with Crippen LogP contribution in [-0.2, 0) is 17.4 Å². The van der Waals surface area contributed by atoms with Gasteiger partial charge >= 0.3 is 0 Å². The zero-order chi connectivity index (χ0) is 11.1. The van der Waals surface area contributed by atoms with Crippen molar-refractivity contribution < 1.29 is 9.84 Å². The lowest BCUT2D eigenvalue weighted by molar-refractivity contribution is -0.0587. The van der Waals surface area contributed by atoms with Crippen LogP contribution in [0.2, 0.25) is 5.02 Å². The average molecular weight is 231 g/mol. The van der Waals surface area contributed by atoms with Gasteiger partial charge in [-0.25, -0.2) is 0 Å². The molecule has 5 heteroatoms. The SMILES string of the molecule is COCC(O)(c1c(Cl)cnn1C)C1CC1. The molecule has 0 aromatic carbocycles. The maximum absolute atomic E-state index is 10.6. The second kappa shape index (κ2) is 3.77. The molecule has 1 atom stereocenters. The first-order valence-corrected chi connectivity index (χ1v) is 5.36. The minimum absolute atomic E-state index is 0.241. The monoisotopic (exact) mass is 230 g/mol. The highest BCUT2D eigenvalue weighted by atomic mass is 35.5. The van der Waals surface area contributed by atoms with E-state index in [1.165, 1.54) is 0 Å². The molecule has 15 heavy (non-hydrogen) atoms. The molecule has 0 saturated heterocycles. The molecule has 1 aliphatic rings. The standard InChI is InChI=1S/C10H15ClN2O2/c1-13-9(8(11)5-12-13)10(14,6-15-2)7-3-4-7/h5,7,14H,3-4,6H2,1-2H3. The number of aryl methyl sites for hydroxylation is 1. The van der Waals surface area contributed by atoms with Gasteiger partial charge in [-0.1, -0.05) is 11.6 Å². The Hall–Kier alpha value is -0.580. The number of hydrogen-bond donors (Lipinski definition) is 1. The van der Waals surface area contributed by atoms with Gasteiger partial charge in [0, 0.05) is 14.2 Å². The molecule has 0 amide bonds. The summed E-state index contributed by atoms with van der Waals surface area (Å²) in [5, 5.41) is 15.2. The molecular formula is C10H15ClN2O2. The number of aliphatic hydroxyl groups is 1. The van der Waals surface area contributed by atoms with E-state index < -0.39 is 5.60 Å². The van der Waals surface area contributed by atoms with Gasteiger partial charge in [-0.05, 0) is 18.8 Å². The minimum Gasteiger partial charge on any atom is -0.381 e. The van der Waals surface area contributed by atoms with Crippen molar-refractivity contribution in [2.45, 2.75) is 18.4 Å². The van der Waals surface area contributed by atoms with E-state index in [9.17, 15) is 5.11 Å². The molecule has 1 aromatic rings. The zero-order valence-electron chi connectivity index (χ0n) is 8.90. The van der Waals surface area contributed by atoms with Crippen LogP contribution in [-0.4, -0.2) is 28.6 Å². The van der Waals surface area contributed by atoms with E-state index in [1.54, 1.807) is 25.0 Å². The summed E-state index contributed by atoms with van der Waals surface area (Å²) in [6.45, 7) is 0.261. The molecule has 1 N–H and O–H groups in total. The van der Waals surface area contributed by atoms with E-state index in [-0.39, 0.29) is 12.5 Å². The van der Waals surface area contributed by atoms with E-state index in [2.05, 4.69) is 5.10 Å². The molecule has 0 radical (unpaired) electrons. The molecule has 4 nitrogen and oxygen atoms in total. The molecule has 1 aromatic heterocycles. The lowest BCUT2D eigenvalue weighted by Crippen LogP contribution is -2.36. The number of rotatable bonds is 4. The average Bonchev–Trinajstić information content (AvgIpc) is 2.95. The summed E-state index contributed by atoms with van der Waals surface area (Å²) in [6.07, 6.45) is 3.59. The summed E-state index contributed by atoms with van der Waals surface area (Å²) in [5.74, 6) is 0.241. The fourth-order valence-electron chi connectivity index (χ4n) is 2.06. The largest absolute Gasteiger partial charge is 0.381 e. The highest BCUT2D eigenvalue weighted by Crippen LogP contribution is 2.47. The highest BCUT2D eigenvalue weighted by Gasteiger charge is 2.48. The number of hydrogen-bond acceptors (Lipinski definition) is 3. The van der Waals surface area contributed by atoms with Crippen molar-refractivity contribution in [1.82, 2.24) is 9.78 Å². The Morgan fingerprint density at radius 1 is 1.73 bits per heavy atom. The Balaban J connectivity index is 2.39. The first kappa shape index (κ1) is 10.9. The summed E-state index contributed by atoms with van der Waals surface area (Å²) < 4.78 is 6.72. The molecule has 0 aliphatic heterocycles. The third kappa shape index (κ3) is 1.77. The number of methoxy groups -OCH3 is 1. The molecule has 1 heterocycles. The third-order valence-corrected chi connectivity index (χ3v) is 3.20. The quantitative estimate of drug-likeness (QED) is 0.849. The van der Waals surface area contributed by atoms with Crippen molar-refractivity contribution in [3.63, 3.8) is 0 Å². The lowest BCUT2D eigenvalue weighted by Gasteiger charge is -2.27. The molecule has 0 spiro atoms. The topological polar surface area (TPSA) is 47.3 Å². The maximum atomic E-state index is 10.6. The summed E-state index contributed by atoms with van der Waals surface area (Å²) in [7, 11) is 3.36. The van der Waals surface area contributed by atoms with Crippen molar-refractivity contribution in [3.8, 4) is 0 Å². The molecule has 1 fully saturated rings. The zero-order valence-corrected chi connectivity index (χ0v) is 9.66. The van der Waals surface area contributed by atoms with Gasteiger partial charge < -0.3 is 9.84 Å². The Bertz CT molecular complexity index is 343. The van der Waals surface area contributed by atoms with E-state index in [1.807, 2.05) is 0 Å². The van der Waals surface area contributed by atoms with Crippen molar-refractivity contribution in [3.05, 3.63) is 16.9 Å². The van der Waals surface area contributed by atoms with Gasteiger partial charge in [-0.2, -0.15) is 5.10 Å². The molecule has 84 valence electrons. The summed E-state index contributed by atoms with van der Waals surface area (Å²) in [6, 6.07) is 0. The van der Waals surface area contributed by atoms with Gasteiger partial charge in [-0.3, -0.25) is 4.68 Å². The molecule has 1 unspecified atom stereocenters. The first-order chi connectivity index (χ1) is 7.09. The molecule has 0 bridgehead atoms. The third-order valence-electron chi connectivity index (χ3n) is 2.92. The highest BCUT2D eigenvalue weighted by molar-refractivity contribution is 6.31. The number of nitrogens with zero attached hydrogens (tertiary/aromatic N) is 2. The fourth-order valence-corrected chi connectivity index (χ4v) is 2.39. The van der Waals surface area contributed by atoms with E-state index in [0.717, 1.165) is 12.8 Å². The van der Waals surface area contributed by atoms with Gasteiger partial charge in [0.25, 0.3) is 0 Å². The minimum atomic E-state index is -0.989. The van der Waals surface area contributed by atoms with Gasteiger partial charge in [0.2, 0.25) is 0 Å². The molecular weight excluding hydrogens is 216 g/mol. The van der Waals surface area contributed by atoms with Crippen LogP contribution in [0.15, 0.2) is 6.20 Å². The van der Waals surface area contributed by atoms with Crippen molar-refractivity contribution in [2.75, 3.05) is 13.7 Å². The second-order valence-corrected chi connectivity index (χ2v) is 4.50. The molecule has 2 rings (SSSR count). The first-order valence-electron chi connectivity index (χ1n) is 4.99. The molecule has 1 saturated carbocycles. The Morgan fingerprint density at radius 3 is 2.80 bits per heavy atom. The van der Waals surface area contributed by atoms with Crippen LogP contribution in [0.1, 0.15) is 18.5 Å². The Morgan fingerprint density at radius 2 is 2.40 bits per heavy atom. The Labute approximate surface area is 93.8 Å². The van der Waals surface area contributed by atoms with Gasteiger partial charge in [0.15, 0.2) is 0 Å². The van der Waals surface area contributed by atoms with Crippen molar-refractivity contribution in [2.24, 2.45) is 13.0 Å². The van der Waals surface area contributed by atoms with Gasteiger partial charge in [0.05, 0.1) is 23.5 Å². The molecule has 1 aliphatic carbocycles. The van der Waals surface area contributed by atoms with Crippen LogP contribution in [0, 0.1) is 5.92 Å². The Kier molecular flexibility index (Phi) is 2.75. The predicted octanol–water partition coefficient (Wildman–Crippen LogP) is 1.32. The van der Waals surface area contributed by atoms with Crippen LogP contribution in [0.25, 0.3) is 0 Å². The number of aromatic nitrogens is 2. The van der Waals surface area contributed by atoms with E-state index in [4.69, 9.17) is 16.3 Å². The number of ether oxygens (including phenoxy) is 1. The maximum Gasteiger partial charge on any atom is 0.134 e. The van der Waals surface area contributed by atoms with Crippen molar-refractivity contribution >= 4 is 11.6 Å². The van der Waals surface area contributed by atoms with Crippen LogP contribution in [0.5, 0.6) is 0 Å². The van der Waals surface area contributed by atoms with E-state index >= 15 is 0 Å². The van der Waals surface area contributed by atoms with Crippen molar-refractivity contribution in [1.29, 1.82) is 0 Å². The predicted molar refractivity (Wildman–Crippen MR) is 56.7 cm³/mol. The summed E-state index contributed by atoms with van der Waals surface area (Å²) >= 11 is 6.04. The van der Waals surface area contributed by atoms with Gasteiger partial charge in [0.1, 0.15) is 5.60 Å². The van der Waals surface area contributed by atoms with Crippen LogP contribution in [0.4, 0.5) is 0 Å². The fraction of sp³-hybridized carbons (Fsp3) is 0.700. The van der Waals surface area contributed by atoms with E-state index in [0.29, 0.717) is 10.7 Å². The summed E-state index contributed by atoms with van der Waals surface area (Å²) in [4.78, 5) is 0. The van der Waals surface area contributed by atoms with Gasteiger partial charge in [-0.15, -0.1) is 0 Å². The second-order valence-electron chi connectivity index (χ2n) is 4.10. The normalized spacial score (nSPS) is 20.3. The smallest absolute Gasteiger partial charge is 0.134 e.